The Morgan fingerprint density at radius 1 is 1.33 bits per heavy atom. The number of nitrogens with zero attached hydrogens (tertiary/aromatic N) is 1. The predicted molar refractivity (Wildman–Crippen MR) is 78.7 cm³/mol. The summed E-state index contributed by atoms with van der Waals surface area (Å²) >= 11 is 0. The summed E-state index contributed by atoms with van der Waals surface area (Å²) in [4.78, 5) is 10.5. The van der Waals surface area contributed by atoms with Crippen LogP contribution in [0.1, 0.15) is 30.0 Å². The van der Waals surface area contributed by atoms with Gasteiger partial charge in [0.1, 0.15) is 0 Å². The molecule has 1 unspecified atom stereocenters. The molecule has 0 spiro atoms. The summed E-state index contributed by atoms with van der Waals surface area (Å²) < 4.78 is 28.0. The highest BCUT2D eigenvalue weighted by Crippen LogP contribution is 2.22. The van der Waals surface area contributed by atoms with E-state index in [9.17, 15) is 13.2 Å². The summed E-state index contributed by atoms with van der Waals surface area (Å²) in [7, 11) is -3.63. The number of benzene rings is 1. The molecular formula is C14H18N2O4S. The highest BCUT2D eigenvalue weighted by atomic mass is 32.2. The minimum absolute atomic E-state index is 0.0543. The first-order chi connectivity index (χ1) is 9.88. The molecule has 6 nitrogen and oxygen atoms in total. The van der Waals surface area contributed by atoms with Gasteiger partial charge in [0.25, 0.3) is 0 Å². The van der Waals surface area contributed by atoms with E-state index in [-0.39, 0.29) is 19.4 Å². The van der Waals surface area contributed by atoms with E-state index in [0.717, 1.165) is 15.4 Å². The molecule has 0 amide bonds. The fourth-order valence-electron chi connectivity index (χ4n) is 2.06. The molecule has 0 saturated heterocycles. The highest BCUT2D eigenvalue weighted by Gasteiger charge is 2.26. The Hall–Kier alpha value is -1.86. The average Bonchev–Trinajstić information content (AvgIpc) is 2.40. The van der Waals surface area contributed by atoms with Gasteiger partial charge in [0, 0.05) is 19.2 Å². The number of carbonyl (C=O) groups is 1. The van der Waals surface area contributed by atoms with Gasteiger partial charge in [0.2, 0.25) is 0 Å². The third-order valence-corrected chi connectivity index (χ3v) is 4.71. The van der Waals surface area contributed by atoms with E-state index in [0.29, 0.717) is 0 Å². The van der Waals surface area contributed by atoms with Crippen LogP contribution >= 0.6 is 0 Å². The van der Waals surface area contributed by atoms with Crippen molar-refractivity contribution in [1.82, 2.24) is 9.03 Å². The maximum absolute atomic E-state index is 12.1. The molecule has 114 valence electrons. The van der Waals surface area contributed by atoms with Gasteiger partial charge < -0.3 is 5.11 Å². The van der Waals surface area contributed by atoms with Crippen molar-refractivity contribution in [3.63, 3.8) is 0 Å². The number of carboxylic acid groups (broad SMARTS) is 1. The van der Waals surface area contributed by atoms with Gasteiger partial charge in [-0.15, -0.1) is 0 Å². The van der Waals surface area contributed by atoms with Crippen molar-refractivity contribution < 1.29 is 18.3 Å². The van der Waals surface area contributed by atoms with Crippen LogP contribution in [0.3, 0.4) is 0 Å². The quantitative estimate of drug-likeness (QED) is 0.864. The van der Waals surface area contributed by atoms with Gasteiger partial charge in [0.05, 0.1) is 6.04 Å². The zero-order chi connectivity index (χ0) is 15.5. The van der Waals surface area contributed by atoms with Gasteiger partial charge in [-0.25, -0.2) is 0 Å². The monoisotopic (exact) mass is 310 g/mol. The molecule has 0 saturated carbocycles. The molecule has 0 aliphatic carbocycles. The zero-order valence-electron chi connectivity index (χ0n) is 11.7. The van der Waals surface area contributed by atoms with Gasteiger partial charge in [-0.2, -0.15) is 13.1 Å². The summed E-state index contributed by atoms with van der Waals surface area (Å²) in [6.07, 6.45) is 3.47. The summed E-state index contributed by atoms with van der Waals surface area (Å²) in [5.41, 5.74) is 1.97. The highest BCUT2D eigenvalue weighted by molar-refractivity contribution is 7.87. The lowest BCUT2D eigenvalue weighted by molar-refractivity contribution is -0.137. The lowest BCUT2D eigenvalue weighted by Crippen LogP contribution is -2.42. The van der Waals surface area contributed by atoms with Gasteiger partial charge in [-0.05, 0) is 25.0 Å². The Labute approximate surface area is 124 Å². The first kappa shape index (κ1) is 15.5. The van der Waals surface area contributed by atoms with E-state index in [2.05, 4.69) is 4.72 Å². The molecule has 0 fully saturated rings. The molecule has 1 heterocycles. The maximum Gasteiger partial charge on any atom is 0.303 e. The minimum atomic E-state index is -3.63. The molecule has 2 rings (SSSR count). The number of hydrogen-bond donors (Lipinski definition) is 2. The maximum atomic E-state index is 12.1. The van der Waals surface area contributed by atoms with Gasteiger partial charge in [-0.1, -0.05) is 29.8 Å². The first-order valence-corrected chi connectivity index (χ1v) is 8.08. The van der Waals surface area contributed by atoms with Crippen LogP contribution in [0.25, 0.3) is 0 Å². The standard InChI is InChI=1S/C14H18N2O4S/c1-11-4-6-12(7-5-11)13-8-10-16(21(19,20)15-13)9-2-3-14(17)18/h4-8,10,13,15H,2-3,9H2,1H3,(H,17,18). The molecule has 0 bridgehead atoms. The minimum Gasteiger partial charge on any atom is -0.481 e. The van der Waals surface area contributed by atoms with E-state index in [1.54, 1.807) is 6.08 Å². The van der Waals surface area contributed by atoms with Crippen molar-refractivity contribution >= 4 is 16.2 Å². The number of carboxylic acids is 1. The summed E-state index contributed by atoms with van der Waals surface area (Å²) in [5, 5.41) is 8.58. The van der Waals surface area contributed by atoms with Crippen molar-refractivity contribution in [1.29, 1.82) is 0 Å². The van der Waals surface area contributed by atoms with Crippen molar-refractivity contribution in [2.45, 2.75) is 25.8 Å². The van der Waals surface area contributed by atoms with Crippen molar-refractivity contribution in [3.05, 3.63) is 47.7 Å². The predicted octanol–water partition coefficient (Wildman–Crippen LogP) is 1.56. The van der Waals surface area contributed by atoms with Gasteiger partial charge in [-0.3, -0.25) is 9.10 Å². The van der Waals surface area contributed by atoms with Crippen molar-refractivity contribution in [3.8, 4) is 0 Å². The lowest BCUT2D eigenvalue weighted by Gasteiger charge is -2.28. The Morgan fingerprint density at radius 2 is 2.00 bits per heavy atom. The van der Waals surface area contributed by atoms with E-state index < -0.39 is 22.2 Å². The number of aryl methyl sites for hydroxylation is 1. The Balaban J connectivity index is 2.08. The van der Waals surface area contributed by atoms with E-state index in [1.165, 1.54) is 6.20 Å². The molecule has 0 aromatic heterocycles. The van der Waals surface area contributed by atoms with Gasteiger partial charge >= 0.3 is 16.2 Å². The number of hydrogen-bond acceptors (Lipinski definition) is 3. The second-order valence-electron chi connectivity index (χ2n) is 4.96. The number of nitrogens with one attached hydrogen (secondary N) is 1. The zero-order valence-corrected chi connectivity index (χ0v) is 12.5. The normalized spacial score (nSPS) is 20.4. The Morgan fingerprint density at radius 3 is 2.57 bits per heavy atom. The van der Waals surface area contributed by atoms with Crippen LogP contribution in [0, 0.1) is 6.92 Å². The largest absolute Gasteiger partial charge is 0.481 e. The second kappa shape index (κ2) is 6.28. The van der Waals surface area contributed by atoms with Crippen LogP contribution in [0.5, 0.6) is 0 Å². The van der Waals surface area contributed by atoms with Crippen LogP contribution in [-0.4, -0.2) is 30.3 Å². The van der Waals surface area contributed by atoms with Crippen molar-refractivity contribution in [2.75, 3.05) is 6.54 Å². The van der Waals surface area contributed by atoms with Crippen LogP contribution in [0.15, 0.2) is 36.5 Å². The fourth-order valence-corrected chi connectivity index (χ4v) is 3.33. The number of aliphatic carboxylic acids is 1. The fraction of sp³-hybridized carbons (Fsp3) is 0.357. The van der Waals surface area contributed by atoms with Crippen LogP contribution in [0.2, 0.25) is 0 Å². The summed E-state index contributed by atoms with van der Waals surface area (Å²) in [6, 6.07) is 7.22. The molecule has 0 radical (unpaired) electrons. The molecular weight excluding hydrogens is 292 g/mol. The van der Waals surface area contributed by atoms with Gasteiger partial charge in [0.15, 0.2) is 0 Å². The smallest absolute Gasteiger partial charge is 0.303 e. The first-order valence-electron chi connectivity index (χ1n) is 6.64. The SMILES string of the molecule is Cc1ccc(C2C=CN(CCCC(=O)O)S(=O)(=O)N2)cc1. The molecule has 7 heteroatoms. The molecule has 1 aliphatic heterocycles. The van der Waals surface area contributed by atoms with Crippen molar-refractivity contribution in [2.24, 2.45) is 0 Å². The molecule has 1 atom stereocenters. The topological polar surface area (TPSA) is 86.7 Å². The van der Waals surface area contributed by atoms with Crippen LogP contribution in [-0.2, 0) is 15.0 Å². The third kappa shape index (κ3) is 4.05. The Bertz CT molecular complexity index is 637. The molecule has 1 aromatic carbocycles. The molecule has 1 aromatic rings. The van der Waals surface area contributed by atoms with E-state index >= 15 is 0 Å². The van der Waals surface area contributed by atoms with Crippen LogP contribution < -0.4 is 4.72 Å². The summed E-state index contributed by atoms with van der Waals surface area (Å²) in [5.74, 6) is -0.932. The lowest BCUT2D eigenvalue weighted by atomic mass is 10.1. The van der Waals surface area contributed by atoms with E-state index in [1.807, 2.05) is 31.2 Å². The van der Waals surface area contributed by atoms with E-state index in [4.69, 9.17) is 5.11 Å². The molecule has 2 N–H and O–H groups in total. The summed E-state index contributed by atoms with van der Waals surface area (Å²) in [6.45, 7) is 2.12. The average molecular weight is 310 g/mol. The third-order valence-electron chi connectivity index (χ3n) is 3.24. The number of rotatable bonds is 5. The molecule has 21 heavy (non-hydrogen) atoms. The Kier molecular flexibility index (Phi) is 4.64. The van der Waals surface area contributed by atoms with Crippen LogP contribution in [0.4, 0.5) is 0 Å². The second-order valence-corrected chi connectivity index (χ2v) is 6.62. The molecule has 1 aliphatic rings.